The molecule has 9 nitrogen and oxygen atoms in total. The van der Waals surface area contributed by atoms with Crippen LogP contribution >= 0.6 is 11.8 Å². The Kier molecular flexibility index (Phi) is 6.51. The van der Waals surface area contributed by atoms with Crippen molar-refractivity contribution in [3.8, 4) is 11.4 Å². The van der Waals surface area contributed by atoms with Crippen molar-refractivity contribution in [3.63, 3.8) is 0 Å². The van der Waals surface area contributed by atoms with E-state index in [4.69, 9.17) is 5.11 Å². The smallest absolute Gasteiger partial charge is 0.313 e. The number of aromatic nitrogens is 3. The van der Waals surface area contributed by atoms with Crippen molar-refractivity contribution in [1.82, 2.24) is 20.5 Å². The fourth-order valence-corrected chi connectivity index (χ4v) is 2.48. The number of carbonyl (C=O) groups excluding carboxylic acids is 1. The molecule has 0 unspecified atom stereocenters. The molecule has 1 aromatic carbocycles. The quantitative estimate of drug-likeness (QED) is 0.261. The van der Waals surface area contributed by atoms with Crippen molar-refractivity contribution in [2.75, 3.05) is 12.3 Å². The van der Waals surface area contributed by atoms with E-state index in [-0.39, 0.29) is 11.7 Å². The van der Waals surface area contributed by atoms with E-state index in [1.54, 1.807) is 18.2 Å². The van der Waals surface area contributed by atoms with Crippen molar-refractivity contribution < 1.29 is 25.4 Å². The van der Waals surface area contributed by atoms with Crippen LogP contribution < -0.4 is 10.8 Å². The molecule has 0 aliphatic rings. The SMILES string of the molecule is CC(C)CNC(=O)c1cc([NH2+]O)cc(-c2nc(SCC(=O)O)n[nH]2)c1. The Bertz CT molecular complexity index is 762. The fourth-order valence-electron chi connectivity index (χ4n) is 1.96. The maximum atomic E-state index is 12.3. The second-order valence-electron chi connectivity index (χ2n) is 5.73. The lowest BCUT2D eigenvalue weighted by molar-refractivity contribution is -0.825. The number of rotatable bonds is 8. The number of H-pyrrole nitrogens is 1. The number of amides is 1. The first-order valence-electron chi connectivity index (χ1n) is 7.57. The van der Waals surface area contributed by atoms with Crippen LogP contribution in [0, 0.1) is 5.92 Å². The third-order valence-electron chi connectivity index (χ3n) is 3.10. The Labute approximate surface area is 148 Å². The van der Waals surface area contributed by atoms with Crippen LogP contribution in [0.5, 0.6) is 0 Å². The predicted octanol–water partition coefficient (Wildman–Crippen LogP) is 0.618. The number of hydrogen-bond acceptors (Lipinski definition) is 6. The van der Waals surface area contributed by atoms with Gasteiger partial charge in [-0.05, 0) is 12.0 Å². The summed E-state index contributed by atoms with van der Waals surface area (Å²) in [6.07, 6.45) is 0. The Balaban J connectivity index is 2.24. The highest BCUT2D eigenvalue weighted by Crippen LogP contribution is 2.22. The predicted molar refractivity (Wildman–Crippen MR) is 90.7 cm³/mol. The highest BCUT2D eigenvalue weighted by molar-refractivity contribution is 7.99. The standard InChI is InChI=1S/C15H19N5O4S/c1-8(2)6-16-14(23)10-3-9(4-11(5-10)20-24)13-17-15(19-18-13)25-7-12(21)22/h3-5,8,20,24H,6-7H2,1-2H3,(H,16,23)(H,21,22)(H,17,18,19)/p+1. The topological polar surface area (TPSA) is 145 Å². The molecule has 0 bridgehead atoms. The van der Waals surface area contributed by atoms with Crippen LogP contribution in [0.15, 0.2) is 23.4 Å². The number of hydrogen-bond donors (Lipinski definition) is 5. The molecule has 1 aromatic heterocycles. The van der Waals surface area contributed by atoms with Gasteiger partial charge >= 0.3 is 5.97 Å². The summed E-state index contributed by atoms with van der Waals surface area (Å²) in [6, 6.07) is 4.84. The average molecular weight is 366 g/mol. The van der Waals surface area contributed by atoms with Gasteiger partial charge in [0.1, 0.15) is 0 Å². The summed E-state index contributed by atoms with van der Waals surface area (Å²) in [4.78, 5) is 27.1. The molecule has 1 amide bonds. The second-order valence-corrected chi connectivity index (χ2v) is 6.67. The van der Waals surface area contributed by atoms with E-state index in [0.29, 0.717) is 40.3 Å². The van der Waals surface area contributed by atoms with Crippen LogP contribution in [0.3, 0.4) is 0 Å². The second kappa shape index (κ2) is 8.60. The molecule has 10 heteroatoms. The van der Waals surface area contributed by atoms with Gasteiger partial charge in [-0.3, -0.25) is 14.7 Å². The summed E-state index contributed by atoms with van der Waals surface area (Å²) in [5.41, 5.74) is 2.30. The van der Waals surface area contributed by atoms with Crippen LogP contribution in [0.1, 0.15) is 24.2 Å². The number of nitrogens with two attached hydrogens (primary N) is 1. The molecule has 1 heterocycles. The van der Waals surface area contributed by atoms with E-state index in [1.165, 1.54) is 0 Å². The van der Waals surface area contributed by atoms with Gasteiger partial charge < -0.3 is 10.4 Å². The van der Waals surface area contributed by atoms with E-state index >= 15 is 0 Å². The minimum Gasteiger partial charge on any atom is -0.481 e. The van der Waals surface area contributed by atoms with Gasteiger partial charge in [-0.2, -0.15) is 5.48 Å². The highest BCUT2D eigenvalue weighted by atomic mass is 32.2. The Hall–Kier alpha value is -2.43. The molecular weight excluding hydrogens is 346 g/mol. The van der Waals surface area contributed by atoms with Gasteiger partial charge in [-0.1, -0.05) is 25.6 Å². The first-order valence-corrected chi connectivity index (χ1v) is 8.55. The zero-order chi connectivity index (χ0) is 18.4. The van der Waals surface area contributed by atoms with Crippen molar-refractivity contribution >= 4 is 29.3 Å². The zero-order valence-electron chi connectivity index (χ0n) is 13.8. The molecule has 0 aliphatic carbocycles. The van der Waals surface area contributed by atoms with Gasteiger partial charge in [0.05, 0.1) is 5.75 Å². The first kappa shape index (κ1) is 18.9. The fraction of sp³-hybridized carbons (Fsp3) is 0.333. The van der Waals surface area contributed by atoms with E-state index in [1.807, 2.05) is 13.8 Å². The highest BCUT2D eigenvalue weighted by Gasteiger charge is 2.15. The third kappa shape index (κ3) is 5.55. The summed E-state index contributed by atoms with van der Waals surface area (Å²) in [5, 5.41) is 27.8. The van der Waals surface area contributed by atoms with Crippen LogP contribution in [-0.2, 0) is 4.79 Å². The molecule has 2 aromatic rings. The van der Waals surface area contributed by atoms with Gasteiger partial charge in [0, 0.05) is 29.8 Å². The van der Waals surface area contributed by atoms with Gasteiger partial charge in [0.15, 0.2) is 11.5 Å². The molecule has 0 spiro atoms. The molecular formula is C15H20N5O4S+. The number of nitrogens with one attached hydrogen (secondary N) is 2. The number of carbonyl (C=O) groups is 2. The number of thioether (sulfide) groups is 1. The minimum absolute atomic E-state index is 0.148. The number of quaternary nitrogens is 1. The van der Waals surface area contributed by atoms with Gasteiger partial charge in [0.2, 0.25) is 5.16 Å². The molecule has 0 saturated carbocycles. The van der Waals surface area contributed by atoms with Gasteiger partial charge in [-0.25, -0.2) is 10.2 Å². The monoisotopic (exact) mass is 366 g/mol. The summed E-state index contributed by atoms with van der Waals surface area (Å²) >= 11 is 0.986. The number of carboxylic acids is 1. The van der Waals surface area contributed by atoms with E-state index in [2.05, 4.69) is 20.5 Å². The molecule has 134 valence electrons. The summed E-state index contributed by atoms with van der Waals surface area (Å²) < 4.78 is 0. The molecule has 0 aliphatic heterocycles. The van der Waals surface area contributed by atoms with E-state index in [9.17, 15) is 14.8 Å². The Morgan fingerprint density at radius 3 is 2.76 bits per heavy atom. The average Bonchev–Trinajstić information content (AvgIpc) is 3.06. The maximum absolute atomic E-state index is 12.3. The van der Waals surface area contributed by atoms with Crippen molar-refractivity contribution in [2.45, 2.75) is 19.0 Å². The molecule has 25 heavy (non-hydrogen) atoms. The number of nitrogens with zero attached hydrogens (tertiary/aromatic N) is 2. The van der Waals surface area contributed by atoms with Crippen molar-refractivity contribution in [1.29, 1.82) is 0 Å². The third-order valence-corrected chi connectivity index (χ3v) is 3.93. The number of benzene rings is 1. The Morgan fingerprint density at radius 1 is 1.36 bits per heavy atom. The van der Waals surface area contributed by atoms with Gasteiger partial charge in [-0.15, -0.1) is 5.10 Å². The van der Waals surface area contributed by atoms with Gasteiger partial charge in [0.25, 0.3) is 5.91 Å². The number of carboxylic acid groups (broad SMARTS) is 1. The lowest BCUT2D eigenvalue weighted by Crippen LogP contribution is -2.73. The maximum Gasteiger partial charge on any atom is 0.313 e. The molecule has 0 atom stereocenters. The lowest BCUT2D eigenvalue weighted by atomic mass is 10.1. The molecule has 0 radical (unpaired) electrons. The van der Waals surface area contributed by atoms with Crippen LogP contribution in [0.2, 0.25) is 0 Å². The number of aromatic amines is 1. The van der Waals surface area contributed by atoms with Crippen LogP contribution in [0.4, 0.5) is 5.69 Å². The normalized spacial score (nSPS) is 10.9. The van der Waals surface area contributed by atoms with E-state index in [0.717, 1.165) is 17.2 Å². The molecule has 2 rings (SSSR count). The Morgan fingerprint density at radius 2 is 2.12 bits per heavy atom. The molecule has 0 saturated heterocycles. The first-order chi connectivity index (χ1) is 11.9. The number of aliphatic carboxylic acids is 1. The lowest BCUT2D eigenvalue weighted by Gasteiger charge is -2.09. The zero-order valence-corrected chi connectivity index (χ0v) is 14.6. The molecule has 6 N–H and O–H groups in total. The van der Waals surface area contributed by atoms with Crippen LogP contribution in [0.25, 0.3) is 11.4 Å². The van der Waals surface area contributed by atoms with E-state index < -0.39 is 5.97 Å². The van der Waals surface area contributed by atoms with Crippen molar-refractivity contribution in [2.24, 2.45) is 5.92 Å². The minimum atomic E-state index is -0.961. The van der Waals surface area contributed by atoms with Crippen LogP contribution in [-0.4, -0.2) is 49.7 Å². The summed E-state index contributed by atoms with van der Waals surface area (Å²) in [5.74, 6) is -0.658. The molecule has 0 fully saturated rings. The summed E-state index contributed by atoms with van der Waals surface area (Å²) in [6.45, 7) is 4.53. The summed E-state index contributed by atoms with van der Waals surface area (Å²) in [7, 11) is 0. The van der Waals surface area contributed by atoms with Crippen molar-refractivity contribution in [3.05, 3.63) is 23.8 Å². The largest absolute Gasteiger partial charge is 0.481 e.